The molecule has 0 unspecified atom stereocenters. The van der Waals surface area contributed by atoms with Crippen molar-refractivity contribution in [2.45, 2.75) is 0 Å². The number of halogens is 1. The average Bonchev–Trinajstić information content (AvgIpc) is 2.75. The molecule has 1 aromatic heterocycles. The summed E-state index contributed by atoms with van der Waals surface area (Å²) in [6, 6.07) is 15.5. The van der Waals surface area contributed by atoms with Crippen LogP contribution in [0.2, 0.25) is 0 Å². The van der Waals surface area contributed by atoms with Gasteiger partial charge in [0, 0.05) is 9.26 Å². The SMILES string of the molecule is N#Cc1ccc2nc(N)n(-c3ccc(I)cc3)c2c1. The van der Waals surface area contributed by atoms with Gasteiger partial charge >= 0.3 is 0 Å². The molecule has 1 heterocycles. The number of nitrogens with zero attached hydrogens (tertiary/aromatic N) is 3. The molecule has 0 fully saturated rings. The molecule has 0 aliphatic carbocycles. The number of rotatable bonds is 1. The second-order valence-corrected chi connectivity index (χ2v) is 5.34. The zero-order valence-electron chi connectivity index (χ0n) is 9.84. The Kier molecular flexibility index (Phi) is 2.87. The fourth-order valence-electron chi connectivity index (χ4n) is 2.02. The molecule has 19 heavy (non-hydrogen) atoms. The van der Waals surface area contributed by atoms with Crippen LogP contribution in [0.25, 0.3) is 16.7 Å². The summed E-state index contributed by atoms with van der Waals surface area (Å²) in [7, 11) is 0. The number of hydrogen-bond donors (Lipinski definition) is 1. The van der Waals surface area contributed by atoms with Crippen LogP contribution in [-0.4, -0.2) is 9.55 Å². The van der Waals surface area contributed by atoms with Crippen molar-refractivity contribution in [3.05, 3.63) is 51.6 Å². The van der Waals surface area contributed by atoms with Gasteiger partial charge in [0.25, 0.3) is 0 Å². The molecule has 0 aliphatic heterocycles. The smallest absolute Gasteiger partial charge is 0.205 e. The van der Waals surface area contributed by atoms with E-state index < -0.39 is 0 Å². The zero-order valence-corrected chi connectivity index (χ0v) is 12.0. The van der Waals surface area contributed by atoms with Crippen LogP contribution in [0, 0.1) is 14.9 Å². The number of anilines is 1. The highest BCUT2D eigenvalue weighted by atomic mass is 127. The molecule has 3 rings (SSSR count). The van der Waals surface area contributed by atoms with E-state index in [4.69, 9.17) is 11.0 Å². The average molecular weight is 360 g/mol. The van der Waals surface area contributed by atoms with E-state index in [1.54, 1.807) is 12.1 Å². The Hall–Kier alpha value is -2.07. The van der Waals surface area contributed by atoms with Crippen LogP contribution in [0.15, 0.2) is 42.5 Å². The van der Waals surface area contributed by atoms with E-state index in [0.717, 1.165) is 20.3 Å². The molecule has 0 bridgehead atoms. The Morgan fingerprint density at radius 1 is 1.16 bits per heavy atom. The van der Waals surface area contributed by atoms with E-state index in [1.165, 1.54) is 0 Å². The molecule has 0 aliphatic rings. The van der Waals surface area contributed by atoms with Crippen molar-refractivity contribution in [3.63, 3.8) is 0 Å². The Balaban J connectivity index is 2.30. The first-order chi connectivity index (χ1) is 9.19. The van der Waals surface area contributed by atoms with Gasteiger partial charge in [-0.3, -0.25) is 4.57 Å². The molecular weight excluding hydrogens is 351 g/mol. The maximum Gasteiger partial charge on any atom is 0.205 e. The first-order valence-electron chi connectivity index (χ1n) is 5.63. The summed E-state index contributed by atoms with van der Waals surface area (Å²) in [5.74, 6) is 0.422. The zero-order chi connectivity index (χ0) is 13.4. The Bertz CT molecular complexity index is 797. The van der Waals surface area contributed by atoms with Crippen LogP contribution in [0.3, 0.4) is 0 Å². The van der Waals surface area contributed by atoms with Gasteiger partial charge in [-0.15, -0.1) is 0 Å². The summed E-state index contributed by atoms with van der Waals surface area (Å²) < 4.78 is 3.01. The molecule has 92 valence electrons. The molecule has 4 nitrogen and oxygen atoms in total. The first-order valence-corrected chi connectivity index (χ1v) is 6.71. The number of aromatic nitrogens is 2. The van der Waals surface area contributed by atoms with Crippen molar-refractivity contribution in [2.24, 2.45) is 0 Å². The molecule has 0 saturated carbocycles. The van der Waals surface area contributed by atoms with E-state index in [1.807, 2.05) is 34.9 Å². The number of nitrogens with two attached hydrogens (primary N) is 1. The highest BCUT2D eigenvalue weighted by Crippen LogP contribution is 2.24. The Morgan fingerprint density at radius 3 is 2.58 bits per heavy atom. The third kappa shape index (κ3) is 2.04. The van der Waals surface area contributed by atoms with Crippen molar-refractivity contribution in [2.75, 3.05) is 5.73 Å². The molecule has 0 saturated heterocycles. The lowest BCUT2D eigenvalue weighted by Gasteiger charge is -2.06. The maximum atomic E-state index is 8.99. The largest absolute Gasteiger partial charge is 0.369 e. The quantitative estimate of drug-likeness (QED) is 0.679. The summed E-state index contributed by atoms with van der Waals surface area (Å²) >= 11 is 2.25. The van der Waals surface area contributed by atoms with Gasteiger partial charge in [-0.2, -0.15) is 5.26 Å². The van der Waals surface area contributed by atoms with Crippen molar-refractivity contribution < 1.29 is 0 Å². The third-order valence-electron chi connectivity index (χ3n) is 2.89. The Labute approximate surface area is 123 Å². The van der Waals surface area contributed by atoms with Crippen molar-refractivity contribution in [1.82, 2.24) is 9.55 Å². The fraction of sp³-hybridized carbons (Fsp3) is 0. The van der Waals surface area contributed by atoms with Crippen molar-refractivity contribution in [3.8, 4) is 11.8 Å². The van der Waals surface area contributed by atoms with Gasteiger partial charge in [-0.25, -0.2) is 4.98 Å². The number of nitrogen functional groups attached to an aromatic ring is 1. The lowest BCUT2D eigenvalue weighted by molar-refractivity contribution is 1.11. The number of imidazole rings is 1. The Morgan fingerprint density at radius 2 is 1.89 bits per heavy atom. The van der Waals surface area contributed by atoms with E-state index in [2.05, 4.69) is 33.6 Å². The molecule has 3 aromatic rings. The fourth-order valence-corrected chi connectivity index (χ4v) is 2.38. The van der Waals surface area contributed by atoms with Crippen LogP contribution < -0.4 is 5.73 Å². The molecule has 0 spiro atoms. The minimum absolute atomic E-state index is 0.422. The number of nitriles is 1. The van der Waals surface area contributed by atoms with Crippen LogP contribution >= 0.6 is 22.6 Å². The predicted octanol–water partition coefficient (Wildman–Crippen LogP) is 3.08. The normalized spacial score (nSPS) is 10.5. The second-order valence-electron chi connectivity index (χ2n) is 4.10. The maximum absolute atomic E-state index is 8.99. The summed E-state index contributed by atoms with van der Waals surface area (Å²) in [4.78, 5) is 4.32. The predicted molar refractivity (Wildman–Crippen MR) is 82.9 cm³/mol. The monoisotopic (exact) mass is 360 g/mol. The lowest BCUT2D eigenvalue weighted by atomic mass is 10.2. The molecule has 5 heteroatoms. The van der Waals surface area contributed by atoms with Gasteiger partial charge in [0.1, 0.15) is 0 Å². The number of fused-ring (bicyclic) bond motifs is 1. The molecule has 2 N–H and O–H groups in total. The highest BCUT2D eigenvalue weighted by Gasteiger charge is 2.10. The van der Waals surface area contributed by atoms with Crippen molar-refractivity contribution in [1.29, 1.82) is 5.26 Å². The topological polar surface area (TPSA) is 67.6 Å². The highest BCUT2D eigenvalue weighted by molar-refractivity contribution is 14.1. The molecule has 0 amide bonds. The van der Waals surface area contributed by atoms with Gasteiger partial charge in [0.15, 0.2) is 0 Å². The summed E-state index contributed by atoms with van der Waals surface area (Å²) in [5.41, 5.74) is 9.15. The van der Waals surface area contributed by atoms with Gasteiger partial charge in [0.05, 0.1) is 22.7 Å². The summed E-state index contributed by atoms with van der Waals surface area (Å²) in [6.07, 6.45) is 0. The number of benzene rings is 2. The molecular formula is C14H9IN4. The summed E-state index contributed by atoms with van der Waals surface area (Å²) in [5, 5.41) is 8.99. The molecule has 2 aromatic carbocycles. The van der Waals surface area contributed by atoms with Gasteiger partial charge in [0.2, 0.25) is 5.95 Å². The second kappa shape index (κ2) is 4.55. The molecule has 0 atom stereocenters. The van der Waals surface area contributed by atoms with Crippen LogP contribution in [-0.2, 0) is 0 Å². The van der Waals surface area contributed by atoms with Crippen molar-refractivity contribution >= 4 is 39.6 Å². The van der Waals surface area contributed by atoms with Crippen LogP contribution in [0.5, 0.6) is 0 Å². The minimum atomic E-state index is 0.422. The standard InChI is InChI=1S/C14H9IN4/c15-10-2-4-11(5-3-10)19-13-7-9(8-16)1-6-12(13)18-14(19)17/h1-7H,(H2,17,18). The lowest BCUT2D eigenvalue weighted by Crippen LogP contribution is -2.00. The van der Waals surface area contributed by atoms with E-state index >= 15 is 0 Å². The van der Waals surface area contributed by atoms with Crippen LogP contribution in [0.4, 0.5) is 5.95 Å². The minimum Gasteiger partial charge on any atom is -0.369 e. The van der Waals surface area contributed by atoms with E-state index in [0.29, 0.717) is 11.5 Å². The van der Waals surface area contributed by atoms with Gasteiger partial charge in [-0.05, 0) is 65.1 Å². The third-order valence-corrected chi connectivity index (χ3v) is 3.61. The van der Waals surface area contributed by atoms with Gasteiger partial charge < -0.3 is 5.73 Å². The molecule has 0 radical (unpaired) electrons. The van der Waals surface area contributed by atoms with E-state index in [9.17, 15) is 0 Å². The first kappa shape index (κ1) is 12.0. The van der Waals surface area contributed by atoms with Gasteiger partial charge in [-0.1, -0.05) is 0 Å². The number of hydrogen-bond acceptors (Lipinski definition) is 3. The summed E-state index contributed by atoms with van der Waals surface area (Å²) in [6.45, 7) is 0. The van der Waals surface area contributed by atoms with E-state index in [-0.39, 0.29) is 0 Å². The van der Waals surface area contributed by atoms with Crippen LogP contribution in [0.1, 0.15) is 5.56 Å².